The van der Waals surface area contributed by atoms with E-state index in [0.717, 1.165) is 24.8 Å². The van der Waals surface area contributed by atoms with Crippen LogP contribution in [-0.4, -0.2) is 34.3 Å². The molecule has 1 aromatic carbocycles. The molecule has 4 bridgehead atoms. The van der Waals surface area contributed by atoms with E-state index in [1.54, 1.807) is 0 Å². The van der Waals surface area contributed by atoms with Gasteiger partial charge in [0.05, 0.1) is 0 Å². The second-order valence-corrected chi connectivity index (χ2v) is 7.83. The standard InChI is InChI=1S/C19H25NO3/c1-19-9-14-7-15(10-19)16(11-21)17(8-14)20(19)18(22)23-12-13-5-3-2-4-6-13/h2-6,14-17,21H,7-12H2,1H3. The second-order valence-electron chi connectivity index (χ2n) is 7.83. The lowest BCUT2D eigenvalue weighted by Gasteiger charge is -2.64. The van der Waals surface area contributed by atoms with E-state index in [9.17, 15) is 9.90 Å². The van der Waals surface area contributed by atoms with Crippen LogP contribution in [0.15, 0.2) is 30.3 Å². The number of ether oxygens (including phenoxy) is 1. The molecular weight excluding hydrogens is 290 g/mol. The topological polar surface area (TPSA) is 49.8 Å². The first-order valence-electron chi connectivity index (χ1n) is 8.71. The summed E-state index contributed by atoms with van der Waals surface area (Å²) in [5, 5.41) is 9.81. The van der Waals surface area contributed by atoms with Crippen LogP contribution in [0, 0.1) is 17.8 Å². The molecule has 23 heavy (non-hydrogen) atoms. The Balaban J connectivity index is 1.51. The van der Waals surface area contributed by atoms with Crippen LogP contribution in [0.2, 0.25) is 0 Å². The Labute approximate surface area is 137 Å². The van der Waals surface area contributed by atoms with Gasteiger partial charge in [0.2, 0.25) is 0 Å². The van der Waals surface area contributed by atoms with Gasteiger partial charge in [-0.25, -0.2) is 4.79 Å². The molecule has 4 aliphatic rings. The lowest BCUT2D eigenvalue weighted by molar-refractivity contribution is -0.143. The molecule has 2 aliphatic heterocycles. The Hall–Kier alpha value is -1.55. The highest BCUT2D eigenvalue weighted by atomic mass is 16.6. The molecule has 1 N–H and O–H groups in total. The number of carbonyl (C=O) groups is 1. The first-order valence-corrected chi connectivity index (χ1v) is 8.71. The third-order valence-corrected chi connectivity index (χ3v) is 6.27. The van der Waals surface area contributed by atoms with E-state index >= 15 is 0 Å². The third kappa shape index (κ3) is 2.44. The maximum absolute atomic E-state index is 12.8. The predicted molar refractivity (Wildman–Crippen MR) is 86.7 cm³/mol. The van der Waals surface area contributed by atoms with Gasteiger partial charge in [0.1, 0.15) is 6.61 Å². The molecular formula is C19H25NO3. The SMILES string of the molecule is CC12CC3CC(C1)C(CO)C(C3)N2C(=O)OCc1ccccc1. The lowest BCUT2D eigenvalue weighted by atomic mass is 9.54. The van der Waals surface area contributed by atoms with Crippen molar-refractivity contribution in [3.8, 4) is 0 Å². The number of rotatable bonds is 3. The minimum absolute atomic E-state index is 0.0874. The van der Waals surface area contributed by atoms with E-state index in [-0.39, 0.29) is 30.2 Å². The summed E-state index contributed by atoms with van der Waals surface area (Å²) in [6.07, 6.45) is 4.13. The van der Waals surface area contributed by atoms with Crippen LogP contribution >= 0.6 is 0 Å². The van der Waals surface area contributed by atoms with Crippen LogP contribution in [0.1, 0.15) is 38.2 Å². The maximum atomic E-state index is 12.8. The second kappa shape index (κ2) is 5.52. The molecule has 2 saturated carbocycles. The summed E-state index contributed by atoms with van der Waals surface area (Å²) >= 11 is 0. The van der Waals surface area contributed by atoms with Crippen molar-refractivity contribution in [1.29, 1.82) is 0 Å². The fraction of sp³-hybridized carbons (Fsp3) is 0.632. The first-order chi connectivity index (χ1) is 11.1. The van der Waals surface area contributed by atoms with Gasteiger partial charge in [-0.15, -0.1) is 0 Å². The molecule has 124 valence electrons. The zero-order valence-electron chi connectivity index (χ0n) is 13.6. The van der Waals surface area contributed by atoms with Crippen molar-refractivity contribution < 1.29 is 14.6 Å². The molecule has 5 atom stereocenters. The molecule has 5 rings (SSSR count). The number of benzene rings is 1. The zero-order chi connectivity index (χ0) is 16.0. The van der Waals surface area contributed by atoms with Gasteiger partial charge in [0, 0.05) is 24.1 Å². The lowest BCUT2D eigenvalue weighted by Crippen LogP contribution is -2.70. The van der Waals surface area contributed by atoms with E-state index in [1.807, 2.05) is 35.2 Å². The van der Waals surface area contributed by atoms with Gasteiger partial charge >= 0.3 is 6.09 Å². The van der Waals surface area contributed by atoms with E-state index in [2.05, 4.69) is 6.92 Å². The Morgan fingerprint density at radius 1 is 1.30 bits per heavy atom. The Morgan fingerprint density at radius 2 is 2.09 bits per heavy atom. The number of hydrogen-bond acceptors (Lipinski definition) is 3. The van der Waals surface area contributed by atoms with Crippen LogP contribution in [0.5, 0.6) is 0 Å². The Kier molecular flexibility index (Phi) is 3.60. The molecule has 4 fully saturated rings. The number of aliphatic hydroxyl groups excluding tert-OH is 1. The molecule has 0 aromatic heterocycles. The quantitative estimate of drug-likeness (QED) is 0.932. The van der Waals surface area contributed by atoms with Gasteiger partial charge in [0.15, 0.2) is 0 Å². The summed E-state index contributed by atoms with van der Waals surface area (Å²) < 4.78 is 5.62. The molecule has 2 aliphatic carbocycles. The monoisotopic (exact) mass is 315 g/mol. The molecule has 2 heterocycles. The number of aliphatic hydroxyl groups is 1. The summed E-state index contributed by atoms with van der Waals surface area (Å²) in [6, 6.07) is 9.96. The van der Waals surface area contributed by atoms with E-state index in [1.165, 1.54) is 6.42 Å². The van der Waals surface area contributed by atoms with Gasteiger partial charge in [-0.3, -0.25) is 4.90 Å². The van der Waals surface area contributed by atoms with Crippen molar-refractivity contribution in [1.82, 2.24) is 4.90 Å². The average Bonchev–Trinajstić information content (AvgIpc) is 2.52. The zero-order valence-corrected chi connectivity index (χ0v) is 13.6. The maximum Gasteiger partial charge on any atom is 0.410 e. The number of nitrogens with zero attached hydrogens (tertiary/aromatic N) is 1. The fourth-order valence-electron chi connectivity index (χ4n) is 5.51. The van der Waals surface area contributed by atoms with Gasteiger partial charge in [-0.2, -0.15) is 0 Å². The van der Waals surface area contributed by atoms with Crippen LogP contribution in [0.25, 0.3) is 0 Å². The van der Waals surface area contributed by atoms with Gasteiger partial charge < -0.3 is 9.84 Å². The van der Waals surface area contributed by atoms with Crippen molar-refractivity contribution in [3.63, 3.8) is 0 Å². The van der Waals surface area contributed by atoms with Gasteiger partial charge in [-0.1, -0.05) is 30.3 Å². The Morgan fingerprint density at radius 3 is 2.83 bits per heavy atom. The smallest absolute Gasteiger partial charge is 0.410 e. The van der Waals surface area contributed by atoms with Crippen LogP contribution in [0.3, 0.4) is 0 Å². The van der Waals surface area contributed by atoms with Crippen molar-refractivity contribution >= 4 is 6.09 Å². The fourth-order valence-corrected chi connectivity index (χ4v) is 5.51. The summed E-state index contributed by atoms with van der Waals surface area (Å²) in [6.45, 7) is 2.70. The first kappa shape index (κ1) is 15.0. The number of hydrogen-bond donors (Lipinski definition) is 1. The number of carbonyl (C=O) groups excluding carboxylic acids is 1. The van der Waals surface area contributed by atoms with Crippen molar-refractivity contribution in [2.75, 3.05) is 6.61 Å². The van der Waals surface area contributed by atoms with E-state index < -0.39 is 0 Å². The highest BCUT2D eigenvalue weighted by Crippen LogP contribution is 2.56. The molecule has 4 heteroatoms. The molecule has 5 unspecified atom stereocenters. The number of piperidine rings is 2. The highest BCUT2D eigenvalue weighted by Gasteiger charge is 2.59. The summed E-state index contributed by atoms with van der Waals surface area (Å²) in [5.74, 6) is 1.51. The summed E-state index contributed by atoms with van der Waals surface area (Å²) in [5.41, 5.74) is 0.922. The molecule has 2 saturated heterocycles. The summed E-state index contributed by atoms with van der Waals surface area (Å²) in [4.78, 5) is 14.8. The molecule has 0 spiro atoms. The predicted octanol–water partition coefficient (Wildman–Crippen LogP) is 3.19. The largest absolute Gasteiger partial charge is 0.445 e. The summed E-state index contributed by atoms with van der Waals surface area (Å²) in [7, 11) is 0. The Bertz CT molecular complexity index is 590. The number of amides is 1. The minimum Gasteiger partial charge on any atom is -0.445 e. The molecule has 1 aromatic rings. The van der Waals surface area contributed by atoms with Crippen molar-refractivity contribution in [2.24, 2.45) is 17.8 Å². The van der Waals surface area contributed by atoms with Gasteiger partial charge in [0.25, 0.3) is 0 Å². The molecule has 4 nitrogen and oxygen atoms in total. The van der Waals surface area contributed by atoms with E-state index in [4.69, 9.17) is 4.74 Å². The highest BCUT2D eigenvalue weighted by molar-refractivity contribution is 5.70. The van der Waals surface area contributed by atoms with Crippen LogP contribution in [-0.2, 0) is 11.3 Å². The van der Waals surface area contributed by atoms with Crippen molar-refractivity contribution in [3.05, 3.63) is 35.9 Å². The molecule has 1 amide bonds. The van der Waals surface area contributed by atoms with Gasteiger partial charge in [-0.05, 0) is 50.0 Å². The third-order valence-electron chi connectivity index (χ3n) is 6.27. The molecule has 0 radical (unpaired) electrons. The van der Waals surface area contributed by atoms with Crippen LogP contribution in [0.4, 0.5) is 4.79 Å². The normalized spacial score (nSPS) is 37.9. The van der Waals surface area contributed by atoms with E-state index in [0.29, 0.717) is 18.4 Å². The average molecular weight is 315 g/mol. The minimum atomic E-state index is -0.210. The van der Waals surface area contributed by atoms with Crippen molar-refractivity contribution in [2.45, 2.75) is 50.8 Å². The van der Waals surface area contributed by atoms with Crippen LogP contribution < -0.4 is 0 Å².